The molecule has 2 aromatic carbocycles. The van der Waals surface area contributed by atoms with Gasteiger partial charge in [-0.2, -0.15) is 5.10 Å². The van der Waals surface area contributed by atoms with Crippen molar-refractivity contribution < 1.29 is 9.13 Å². The van der Waals surface area contributed by atoms with Crippen molar-refractivity contribution in [3.05, 3.63) is 59.4 Å². The lowest BCUT2D eigenvalue weighted by atomic mass is 10.1. The van der Waals surface area contributed by atoms with Gasteiger partial charge in [0.05, 0.1) is 12.8 Å². The summed E-state index contributed by atoms with van der Waals surface area (Å²) in [6, 6.07) is 12.3. The maximum Gasteiger partial charge on any atom is 0.130 e. The summed E-state index contributed by atoms with van der Waals surface area (Å²) < 4.78 is 18.7. The normalized spacial score (nSPS) is 11.9. The van der Waals surface area contributed by atoms with Gasteiger partial charge in [0.15, 0.2) is 0 Å². The Balaban J connectivity index is 1.72. The molecule has 1 aromatic heterocycles. The van der Waals surface area contributed by atoms with E-state index in [-0.39, 0.29) is 5.82 Å². The number of halogens is 1. The van der Waals surface area contributed by atoms with Gasteiger partial charge >= 0.3 is 0 Å². The fourth-order valence-corrected chi connectivity index (χ4v) is 2.91. The van der Waals surface area contributed by atoms with Crippen LogP contribution in [0.2, 0.25) is 0 Å². The number of methoxy groups -OCH3 is 1. The number of rotatable bonds is 3. The summed E-state index contributed by atoms with van der Waals surface area (Å²) in [5, 5.41) is 10.6. The van der Waals surface area contributed by atoms with E-state index >= 15 is 0 Å². The number of hydrogen-bond acceptors (Lipinski definition) is 3. The number of anilines is 2. The molecule has 0 saturated heterocycles. The van der Waals surface area contributed by atoms with Gasteiger partial charge in [-0.3, -0.25) is 5.10 Å². The Bertz CT molecular complexity index is 857. The molecule has 0 bridgehead atoms. The lowest BCUT2D eigenvalue weighted by Crippen LogP contribution is -1.96. The van der Waals surface area contributed by atoms with Crippen LogP contribution < -0.4 is 10.1 Å². The molecule has 4 nitrogen and oxygen atoms in total. The molecule has 0 spiro atoms. The SMILES string of the molecule is COc1cccc2c1Cc1c-2n[nH]c1Nc1cccc(F)c1. The summed E-state index contributed by atoms with van der Waals surface area (Å²) in [6.07, 6.45) is 0.739. The first-order valence-corrected chi connectivity index (χ1v) is 7.02. The molecule has 0 radical (unpaired) electrons. The van der Waals surface area contributed by atoms with Gasteiger partial charge in [0.1, 0.15) is 17.4 Å². The van der Waals surface area contributed by atoms with E-state index < -0.39 is 0 Å². The summed E-state index contributed by atoms with van der Waals surface area (Å²) in [5.74, 6) is 1.39. The smallest absolute Gasteiger partial charge is 0.130 e. The van der Waals surface area contributed by atoms with Crippen molar-refractivity contribution in [3.8, 4) is 17.0 Å². The first-order valence-electron chi connectivity index (χ1n) is 7.02. The highest BCUT2D eigenvalue weighted by Crippen LogP contribution is 2.43. The number of hydrogen-bond donors (Lipinski definition) is 2. The number of aromatic nitrogens is 2. The maximum absolute atomic E-state index is 13.3. The summed E-state index contributed by atoms with van der Waals surface area (Å²) >= 11 is 0. The molecule has 0 saturated carbocycles. The zero-order valence-corrected chi connectivity index (χ0v) is 12.0. The minimum absolute atomic E-state index is 0.272. The lowest BCUT2D eigenvalue weighted by molar-refractivity contribution is 0.411. The molecule has 110 valence electrons. The highest BCUT2D eigenvalue weighted by Gasteiger charge is 2.27. The lowest BCUT2D eigenvalue weighted by Gasteiger charge is -2.07. The predicted octanol–water partition coefficient (Wildman–Crippen LogP) is 3.87. The Hall–Kier alpha value is -2.82. The highest BCUT2D eigenvalue weighted by atomic mass is 19.1. The van der Waals surface area contributed by atoms with Crippen LogP contribution in [-0.2, 0) is 6.42 Å². The van der Waals surface area contributed by atoms with Crippen LogP contribution in [0, 0.1) is 5.82 Å². The Labute approximate surface area is 126 Å². The standard InChI is InChI=1S/C17H14FN3O/c1-22-15-7-3-6-12-13(15)9-14-16(12)20-21-17(14)19-11-5-2-4-10(18)8-11/h2-8H,9H2,1H3,(H2,19,20,21). The molecule has 0 aliphatic heterocycles. The van der Waals surface area contributed by atoms with E-state index in [0.717, 1.165) is 40.4 Å². The Morgan fingerprint density at radius 1 is 1.18 bits per heavy atom. The number of nitrogens with zero attached hydrogens (tertiary/aromatic N) is 1. The molecule has 1 aliphatic carbocycles. The first-order chi connectivity index (χ1) is 10.8. The molecule has 22 heavy (non-hydrogen) atoms. The molecule has 4 rings (SSSR count). The second kappa shape index (κ2) is 4.87. The number of fused-ring (bicyclic) bond motifs is 3. The molecular weight excluding hydrogens is 281 g/mol. The van der Waals surface area contributed by atoms with Gasteiger partial charge in [-0.1, -0.05) is 18.2 Å². The Morgan fingerprint density at radius 2 is 2.05 bits per heavy atom. The van der Waals surface area contributed by atoms with Crippen LogP contribution in [0.5, 0.6) is 5.75 Å². The molecular formula is C17H14FN3O. The fourth-order valence-electron chi connectivity index (χ4n) is 2.91. The zero-order valence-electron chi connectivity index (χ0n) is 12.0. The van der Waals surface area contributed by atoms with Crippen LogP contribution in [-0.4, -0.2) is 17.3 Å². The van der Waals surface area contributed by atoms with Gasteiger partial charge in [-0.05, 0) is 24.3 Å². The Morgan fingerprint density at radius 3 is 2.86 bits per heavy atom. The maximum atomic E-state index is 13.3. The Kier molecular flexibility index (Phi) is 2.85. The van der Waals surface area contributed by atoms with Crippen molar-refractivity contribution in [3.63, 3.8) is 0 Å². The first kappa shape index (κ1) is 12.9. The van der Waals surface area contributed by atoms with Crippen LogP contribution in [0.25, 0.3) is 11.3 Å². The average Bonchev–Trinajstić information content (AvgIpc) is 3.07. The van der Waals surface area contributed by atoms with E-state index in [4.69, 9.17) is 4.74 Å². The zero-order chi connectivity index (χ0) is 15.1. The molecule has 1 heterocycles. The highest BCUT2D eigenvalue weighted by molar-refractivity contribution is 5.81. The fraction of sp³-hybridized carbons (Fsp3) is 0.118. The molecule has 0 unspecified atom stereocenters. The van der Waals surface area contributed by atoms with Crippen molar-refractivity contribution in [2.45, 2.75) is 6.42 Å². The predicted molar refractivity (Wildman–Crippen MR) is 83.1 cm³/mol. The summed E-state index contributed by atoms with van der Waals surface area (Å²) in [6.45, 7) is 0. The van der Waals surface area contributed by atoms with Gasteiger partial charge in [-0.15, -0.1) is 0 Å². The number of ether oxygens (including phenoxy) is 1. The molecule has 3 aromatic rings. The molecule has 0 fully saturated rings. The van der Waals surface area contributed by atoms with Crippen LogP contribution in [0.4, 0.5) is 15.9 Å². The third-order valence-electron chi connectivity index (χ3n) is 3.92. The molecule has 5 heteroatoms. The average molecular weight is 295 g/mol. The van der Waals surface area contributed by atoms with Crippen molar-refractivity contribution in [2.75, 3.05) is 12.4 Å². The van der Waals surface area contributed by atoms with E-state index in [0.29, 0.717) is 5.69 Å². The third kappa shape index (κ3) is 1.94. The van der Waals surface area contributed by atoms with Gasteiger partial charge in [0.25, 0.3) is 0 Å². The van der Waals surface area contributed by atoms with Crippen molar-refractivity contribution in [2.24, 2.45) is 0 Å². The number of benzene rings is 2. The number of H-pyrrole nitrogens is 1. The van der Waals surface area contributed by atoms with E-state index in [1.807, 2.05) is 24.3 Å². The van der Waals surface area contributed by atoms with E-state index in [1.54, 1.807) is 13.2 Å². The third-order valence-corrected chi connectivity index (χ3v) is 3.92. The minimum Gasteiger partial charge on any atom is -0.496 e. The number of nitrogens with one attached hydrogen (secondary N) is 2. The minimum atomic E-state index is -0.272. The van der Waals surface area contributed by atoms with E-state index in [1.165, 1.54) is 12.1 Å². The second-order valence-electron chi connectivity index (χ2n) is 5.22. The van der Waals surface area contributed by atoms with Gasteiger partial charge in [0, 0.05) is 28.8 Å². The van der Waals surface area contributed by atoms with Crippen molar-refractivity contribution in [1.82, 2.24) is 10.2 Å². The molecule has 2 N–H and O–H groups in total. The van der Waals surface area contributed by atoms with Crippen LogP contribution in [0.3, 0.4) is 0 Å². The quantitative estimate of drug-likeness (QED) is 0.603. The van der Waals surface area contributed by atoms with Crippen molar-refractivity contribution >= 4 is 11.5 Å². The topological polar surface area (TPSA) is 49.9 Å². The van der Waals surface area contributed by atoms with E-state index in [9.17, 15) is 4.39 Å². The summed E-state index contributed by atoms with van der Waals surface area (Å²) in [7, 11) is 1.67. The summed E-state index contributed by atoms with van der Waals surface area (Å²) in [5.41, 5.74) is 4.91. The van der Waals surface area contributed by atoms with Crippen molar-refractivity contribution in [1.29, 1.82) is 0 Å². The van der Waals surface area contributed by atoms with Crippen LogP contribution >= 0.6 is 0 Å². The number of aromatic amines is 1. The van der Waals surface area contributed by atoms with E-state index in [2.05, 4.69) is 15.5 Å². The molecule has 1 aliphatic rings. The van der Waals surface area contributed by atoms with Gasteiger partial charge < -0.3 is 10.1 Å². The second-order valence-corrected chi connectivity index (χ2v) is 5.22. The van der Waals surface area contributed by atoms with Crippen LogP contribution in [0.1, 0.15) is 11.1 Å². The molecule has 0 atom stereocenters. The van der Waals surface area contributed by atoms with Gasteiger partial charge in [-0.25, -0.2) is 4.39 Å². The van der Waals surface area contributed by atoms with Crippen LogP contribution in [0.15, 0.2) is 42.5 Å². The monoisotopic (exact) mass is 295 g/mol. The van der Waals surface area contributed by atoms with Gasteiger partial charge in [0.2, 0.25) is 0 Å². The largest absolute Gasteiger partial charge is 0.496 e. The molecule has 0 amide bonds. The summed E-state index contributed by atoms with van der Waals surface area (Å²) in [4.78, 5) is 0.